The molecule has 0 aromatic heterocycles. The van der Waals surface area contributed by atoms with Gasteiger partial charge in [0.25, 0.3) is 0 Å². The molecule has 1 aromatic carbocycles. The van der Waals surface area contributed by atoms with Gasteiger partial charge in [-0.2, -0.15) is 0 Å². The molecule has 0 bridgehead atoms. The van der Waals surface area contributed by atoms with Gasteiger partial charge < -0.3 is 20.9 Å². The fraction of sp³-hybridized carbons (Fsp3) is 0.455. The van der Waals surface area contributed by atoms with Crippen LogP contribution in [0.4, 0.5) is 11.4 Å². The van der Waals surface area contributed by atoms with E-state index in [-0.39, 0.29) is 24.7 Å². The third-order valence-corrected chi connectivity index (χ3v) is 4.00. The minimum atomic E-state index is -3.19. The number of nitrogens with one attached hydrogen (secondary N) is 1. The van der Waals surface area contributed by atoms with Crippen LogP contribution in [-0.2, 0) is 9.84 Å². The summed E-state index contributed by atoms with van der Waals surface area (Å²) < 4.78 is 27.7. The van der Waals surface area contributed by atoms with Crippen molar-refractivity contribution in [3.8, 4) is 5.75 Å². The van der Waals surface area contributed by atoms with E-state index in [1.807, 2.05) is 0 Å². The number of rotatable bonds is 7. The molecule has 0 aliphatic heterocycles. The molecule has 1 aromatic rings. The highest BCUT2D eigenvalue weighted by Gasteiger charge is 2.09. The lowest BCUT2D eigenvalue weighted by Gasteiger charge is -2.09. The highest BCUT2D eigenvalue weighted by Crippen LogP contribution is 2.24. The summed E-state index contributed by atoms with van der Waals surface area (Å²) in [6.07, 6.45) is 0. The number of methoxy groups -OCH3 is 1. The third-order valence-electron chi connectivity index (χ3n) is 2.37. The Labute approximate surface area is 107 Å². The smallest absolute Gasteiger partial charge is 0.154 e. The molecule has 7 heteroatoms. The van der Waals surface area contributed by atoms with Crippen molar-refractivity contribution in [2.24, 2.45) is 0 Å². The molecule has 0 amide bonds. The molecule has 0 aliphatic carbocycles. The standard InChI is InChI=1S/C11H18N2O4S/c1-17-11-3-2-9(8-10(11)12)13-4-6-18(15,16)7-5-14/h2-3,8,13-14H,4-7,12H2,1H3. The maximum Gasteiger partial charge on any atom is 0.154 e. The third kappa shape index (κ3) is 4.42. The summed E-state index contributed by atoms with van der Waals surface area (Å²) in [6, 6.07) is 5.14. The van der Waals surface area contributed by atoms with E-state index in [9.17, 15) is 8.42 Å². The Morgan fingerprint density at radius 2 is 2.11 bits per heavy atom. The van der Waals surface area contributed by atoms with Crippen LogP contribution in [0.25, 0.3) is 0 Å². The summed E-state index contributed by atoms with van der Waals surface area (Å²) in [6.45, 7) is -0.0775. The fourth-order valence-corrected chi connectivity index (χ4v) is 2.33. The van der Waals surface area contributed by atoms with Gasteiger partial charge in [-0.3, -0.25) is 0 Å². The van der Waals surface area contributed by atoms with Crippen molar-refractivity contribution < 1.29 is 18.3 Å². The van der Waals surface area contributed by atoms with E-state index in [1.54, 1.807) is 18.2 Å². The first-order valence-corrected chi connectivity index (χ1v) is 7.29. The van der Waals surface area contributed by atoms with E-state index in [2.05, 4.69) is 5.32 Å². The zero-order valence-electron chi connectivity index (χ0n) is 10.2. The van der Waals surface area contributed by atoms with Crippen molar-refractivity contribution in [3.05, 3.63) is 18.2 Å². The van der Waals surface area contributed by atoms with Gasteiger partial charge in [0.05, 0.1) is 30.9 Å². The van der Waals surface area contributed by atoms with E-state index in [0.717, 1.165) is 5.69 Å². The zero-order chi connectivity index (χ0) is 13.6. The Bertz CT molecular complexity index is 488. The molecule has 0 radical (unpaired) electrons. The summed E-state index contributed by atoms with van der Waals surface area (Å²) >= 11 is 0. The van der Waals surface area contributed by atoms with Crippen LogP contribution in [0.2, 0.25) is 0 Å². The first-order chi connectivity index (χ1) is 8.48. The lowest BCUT2D eigenvalue weighted by molar-refractivity contribution is 0.319. The number of sulfone groups is 1. The van der Waals surface area contributed by atoms with Gasteiger partial charge in [-0.25, -0.2) is 8.42 Å². The van der Waals surface area contributed by atoms with E-state index in [1.165, 1.54) is 7.11 Å². The Morgan fingerprint density at radius 1 is 1.39 bits per heavy atom. The van der Waals surface area contributed by atoms with E-state index < -0.39 is 9.84 Å². The van der Waals surface area contributed by atoms with Gasteiger partial charge in [-0.15, -0.1) is 0 Å². The second-order valence-electron chi connectivity index (χ2n) is 3.76. The second kappa shape index (κ2) is 6.46. The zero-order valence-corrected chi connectivity index (χ0v) is 11.0. The number of nitrogen functional groups attached to an aromatic ring is 1. The van der Waals surface area contributed by atoms with Crippen LogP contribution in [0.1, 0.15) is 0 Å². The van der Waals surface area contributed by atoms with Gasteiger partial charge in [-0.05, 0) is 18.2 Å². The van der Waals surface area contributed by atoms with Crippen LogP contribution in [0, 0.1) is 0 Å². The van der Waals surface area contributed by atoms with Gasteiger partial charge >= 0.3 is 0 Å². The highest BCUT2D eigenvalue weighted by atomic mass is 32.2. The minimum Gasteiger partial charge on any atom is -0.495 e. The van der Waals surface area contributed by atoms with Gasteiger partial charge in [0.2, 0.25) is 0 Å². The number of nitrogens with two attached hydrogens (primary N) is 1. The summed E-state index contributed by atoms with van der Waals surface area (Å²) in [5, 5.41) is 11.5. The molecule has 1 rings (SSSR count). The van der Waals surface area contributed by atoms with E-state index >= 15 is 0 Å². The summed E-state index contributed by atoms with van der Waals surface area (Å²) in [7, 11) is -1.67. The predicted octanol–water partition coefficient (Wildman–Crippen LogP) is 0.0964. The molecule has 0 aliphatic rings. The van der Waals surface area contributed by atoms with Gasteiger partial charge in [0.1, 0.15) is 5.75 Å². The number of ether oxygens (including phenoxy) is 1. The summed E-state index contributed by atoms with van der Waals surface area (Å²) in [5.74, 6) is 0.340. The van der Waals surface area contributed by atoms with Crippen LogP contribution in [0.3, 0.4) is 0 Å². The van der Waals surface area contributed by atoms with E-state index in [4.69, 9.17) is 15.6 Å². The minimum absolute atomic E-state index is 0.0283. The lowest BCUT2D eigenvalue weighted by Crippen LogP contribution is -2.20. The number of benzene rings is 1. The molecule has 0 spiro atoms. The normalized spacial score (nSPS) is 11.2. The molecule has 4 N–H and O–H groups in total. The van der Waals surface area contributed by atoms with Crippen LogP contribution >= 0.6 is 0 Å². The number of aliphatic hydroxyl groups is 1. The Balaban J connectivity index is 2.52. The Hall–Kier alpha value is -1.47. The summed E-state index contributed by atoms with van der Waals surface area (Å²) in [4.78, 5) is 0. The monoisotopic (exact) mass is 274 g/mol. The van der Waals surface area contributed by atoms with Crippen LogP contribution < -0.4 is 15.8 Å². The first-order valence-electron chi connectivity index (χ1n) is 5.47. The van der Waals surface area contributed by atoms with E-state index in [0.29, 0.717) is 11.4 Å². The largest absolute Gasteiger partial charge is 0.495 e. The average Bonchev–Trinajstić information content (AvgIpc) is 2.29. The molecule has 0 unspecified atom stereocenters. The van der Waals surface area contributed by atoms with Crippen molar-refractivity contribution in [3.63, 3.8) is 0 Å². The van der Waals surface area contributed by atoms with Gasteiger partial charge in [0.15, 0.2) is 9.84 Å². The maximum atomic E-state index is 11.3. The Morgan fingerprint density at radius 3 is 2.67 bits per heavy atom. The molecule has 6 nitrogen and oxygen atoms in total. The molecule has 0 atom stereocenters. The number of hydrogen-bond donors (Lipinski definition) is 3. The van der Waals surface area contributed by atoms with Crippen LogP contribution in [0.15, 0.2) is 18.2 Å². The maximum absolute atomic E-state index is 11.3. The number of anilines is 2. The number of aliphatic hydroxyl groups excluding tert-OH is 1. The Kier molecular flexibility index (Phi) is 5.24. The molecular formula is C11H18N2O4S. The molecule has 0 fully saturated rings. The predicted molar refractivity (Wildman–Crippen MR) is 71.6 cm³/mol. The highest BCUT2D eigenvalue weighted by molar-refractivity contribution is 7.91. The van der Waals surface area contributed by atoms with Crippen molar-refractivity contribution in [1.29, 1.82) is 0 Å². The first kappa shape index (κ1) is 14.6. The molecular weight excluding hydrogens is 256 g/mol. The van der Waals surface area contributed by atoms with Crippen LogP contribution in [-0.4, -0.2) is 45.3 Å². The number of hydrogen-bond acceptors (Lipinski definition) is 6. The fourth-order valence-electron chi connectivity index (χ4n) is 1.44. The average molecular weight is 274 g/mol. The van der Waals surface area contributed by atoms with Gasteiger partial charge in [-0.1, -0.05) is 0 Å². The van der Waals surface area contributed by atoms with Gasteiger partial charge in [0, 0.05) is 12.2 Å². The lowest BCUT2D eigenvalue weighted by atomic mass is 10.2. The SMILES string of the molecule is COc1ccc(NCCS(=O)(=O)CCO)cc1N. The van der Waals surface area contributed by atoms with Crippen molar-refractivity contribution in [2.45, 2.75) is 0 Å². The molecule has 0 saturated heterocycles. The van der Waals surface area contributed by atoms with Crippen LogP contribution in [0.5, 0.6) is 5.75 Å². The molecule has 18 heavy (non-hydrogen) atoms. The second-order valence-corrected chi connectivity index (χ2v) is 6.06. The van der Waals surface area contributed by atoms with Crippen molar-refractivity contribution >= 4 is 21.2 Å². The molecule has 0 saturated carbocycles. The molecule has 0 heterocycles. The van der Waals surface area contributed by atoms with Crippen molar-refractivity contribution in [1.82, 2.24) is 0 Å². The molecule has 102 valence electrons. The summed E-state index contributed by atoms with van der Waals surface area (Å²) in [5.41, 5.74) is 6.94. The van der Waals surface area contributed by atoms with Crippen molar-refractivity contribution in [2.75, 3.05) is 42.8 Å². The topological polar surface area (TPSA) is 102 Å². The quantitative estimate of drug-likeness (QED) is 0.609.